The van der Waals surface area contributed by atoms with E-state index < -0.39 is 9.84 Å². The Morgan fingerprint density at radius 2 is 2.18 bits per heavy atom. The van der Waals surface area contributed by atoms with E-state index >= 15 is 0 Å². The van der Waals surface area contributed by atoms with Crippen molar-refractivity contribution in [1.29, 1.82) is 0 Å². The predicted octanol–water partition coefficient (Wildman–Crippen LogP) is 0.162. The van der Waals surface area contributed by atoms with Crippen LogP contribution in [0.15, 0.2) is 23.4 Å². The molecule has 7 heteroatoms. The minimum Gasteiger partial charge on any atom is -0.330 e. The molecule has 0 aliphatic rings. The first-order valence-electron chi connectivity index (χ1n) is 5.09. The van der Waals surface area contributed by atoms with Gasteiger partial charge in [0.2, 0.25) is 5.91 Å². The number of sulfone groups is 1. The van der Waals surface area contributed by atoms with E-state index in [4.69, 9.17) is 5.73 Å². The Morgan fingerprint density at radius 1 is 1.47 bits per heavy atom. The second-order valence-electron chi connectivity index (χ2n) is 3.60. The Kier molecular flexibility index (Phi) is 4.59. The van der Waals surface area contributed by atoms with Crippen LogP contribution < -0.4 is 11.1 Å². The number of hydrogen-bond donors (Lipinski definition) is 2. The maximum atomic E-state index is 11.3. The lowest BCUT2D eigenvalue weighted by molar-refractivity contribution is -0.116. The maximum Gasteiger partial charge on any atom is 0.224 e. The van der Waals surface area contributed by atoms with Gasteiger partial charge in [-0.05, 0) is 25.1 Å². The molecule has 0 fully saturated rings. The molecule has 0 saturated heterocycles. The standard InChI is InChI=1S/C10H15N3O3S/c1-17(15,16)10-5-4-8(7-12-10)13-9(14)3-2-6-11/h4-5,7H,2-3,6,11H2,1H3,(H,13,14). The van der Waals surface area contributed by atoms with Gasteiger partial charge in [-0.3, -0.25) is 4.79 Å². The molecule has 94 valence electrons. The fourth-order valence-corrected chi connectivity index (χ4v) is 1.72. The summed E-state index contributed by atoms with van der Waals surface area (Å²) in [5.74, 6) is -0.163. The number of amides is 1. The van der Waals surface area contributed by atoms with E-state index in [0.717, 1.165) is 6.26 Å². The Morgan fingerprint density at radius 3 is 2.65 bits per heavy atom. The number of aromatic nitrogens is 1. The van der Waals surface area contributed by atoms with Crippen LogP contribution in [0.3, 0.4) is 0 Å². The first kappa shape index (κ1) is 13.6. The smallest absolute Gasteiger partial charge is 0.224 e. The highest BCUT2D eigenvalue weighted by Crippen LogP contribution is 2.10. The van der Waals surface area contributed by atoms with Crippen molar-refractivity contribution in [1.82, 2.24) is 4.98 Å². The van der Waals surface area contributed by atoms with Crippen LogP contribution in [0.1, 0.15) is 12.8 Å². The quantitative estimate of drug-likeness (QED) is 0.782. The summed E-state index contributed by atoms with van der Waals surface area (Å²) in [5, 5.41) is 2.59. The van der Waals surface area contributed by atoms with Crippen molar-refractivity contribution in [2.75, 3.05) is 18.1 Å². The number of pyridine rings is 1. The Hall–Kier alpha value is -1.47. The van der Waals surface area contributed by atoms with Crippen molar-refractivity contribution in [2.24, 2.45) is 5.73 Å². The first-order valence-corrected chi connectivity index (χ1v) is 6.98. The molecule has 0 aromatic carbocycles. The molecule has 0 spiro atoms. The van der Waals surface area contributed by atoms with Crippen LogP contribution in [0.5, 0.6) is 0 Å². The second-order valence-corrected chi connectivity index (χ2v) is 5.56. The van der Waals surface area contributed by atoms with Gasteiger partial charge in [0.05, 0.1) is 11.9 Å². The van der Waals surface area contributed by atoms with Crippen LogP contribution >= 0.6 is 0 Å². The Bertz CT molecular complexity index is 482. The summed E-state index contributed by atoms with van der Waals surface area (Å²) < 4.78 is 22.3. The molecule has 0 aliphatic heterocycles. The molecule has 1 aromatic rings. The van der Waals surface area contributed by atoms with E-state index in [2.05, 4.69) is 10.3 Å². The minimum atomic E-state index is -3.30. The fourth-order valence-electron chi connectivity index (χ4n) is 1.16. The minimum absolute atomic E-state index is 0.0162. The zero-order chi connectivity index (χ0) is 12.9. The van der Waals surface area contributed by atoms with Crippen molar-refractivity contribution in [3.05, 3.63) is 18.3 Å². The lowest BCUT2D eigenvalue weighted by Crippen LogP contribution is -2.13. The van der Waals surface area contributed by atoms with Crippen molar-refractivity contribution < 1.29 is 13.2 Å². The summed E-state index contributed by atoms with van der Waals surface area (Å²) in [6.07, 6.45) is 3.34. The third-order valence-corrected chi connectivity index (χ3v) is 3.01. The Labute approximate surface area is 100 Å². The maximum absolute atomic E-state index is 11.3. The molecule has 0 saturated carbocycles. The lowest BCUT2D eigenvalue weighted by Gasteiger charge is -2.04. The van der Waals surface area contributed by atoms with Crippen molar-refractivity contribution >= 4 is 21.4 Å². The third-order valence-electron chi connectivity index (χ3n) is 2.01. The van der Waals surface area contributed by atoms with Gasteiger partial charge in [0.15, 0.2) is 14.9 Å². The molecule has 0 radical (unpaired) electrons. The third kappa shape index (κ3) is 4.49. The summed E-state index contributed by atoms with van der Waals surface area (Å²) in [7, 11) is -3.30. The normalized spacial score (nSPS) is 11.2. The van der Waals surface area contributed by atoms with Crippen LogP contribution in [-0.2, 0) is 14.6 Å². The molecule has 3 N–H and O–H groups in total. The Balaban J connectivity index is 2.66. The van der Waals surface area contributed by atoms with Gasteiger partial charge in [-0.25, -0.2) is 13.4 Å². The number of hydrogen-bond acceptors (Lipinski definition) is 5. The summed E-state index contributed by atoms with van der Waals surface area (Å²) in [6, 6.07) is 2.86. The average Bonchev–Trinajstić information content (AvgIpc) is 2.26. The largest absolute Gasteiger partial charge is 0.330 e. The topological polar surface area (TPSA) is 102 Å². The highest BCUT2D eigenvalue weighted by Gasteiger charge is 2.08. The lowest BCUT2D eigenvalue weighted by atomic mass is 10.3. The van der Waals surface area contributed by atoms with E-state index in [9.17, 15) is 13.2 Å². The highest BCUT2D eigenvalue weighted by molar-refractivity contribution is 7.90. The zero-order valence-electron chi connectivity index (χ0n) is 9.51. The number of nitrogens with one attached hydrogen (secondary N) is 1. The van der Waals surface area contributed by atoms with E-state index in [1.165, 1.54) is 18.3 Å². The van der Waals surface area contributed by atoms with Crippen LogP contribution in [0.4, 0.5) is 5.69 Å². The summed E-state index contributed by atoms with van der Waals surface area (Å²) in [5.41, 5.74) is 5.75. The van der Waals surface area contributed by atoms with Gasteiger partial charge in [0, 0.05) is 12.7 Å². The second kappa shape index (κ2) is 5.74. The molecule has 1 rings (SSSR count). The van der Waals surface area contributed by atoms with Crippen LogP contribution in [-0.4, -0.2) is 32.1 Å². The van der Waals surface area contributed by atoms with Gasteiger partial charge in [0.25, 0.3) is 0 Å². The van der Waals surface area contributed by atoms with Gasteiger partial charge in [0.1, 0.15) is 0 Å². The molecular weight excluding hydrogens is 242 g/mol. The number of anilines is 1. The molecular formula is C10H15N3O3S. The number of carbonyl (C=O) groups excluding carboxylic acids is 1. The molecule has 1 aromatic heterocycles. The van der Waals surface area contributed by atoms with Crippen LogP contribution in [0, 0.1) is 0 Å². The number of nitrogens with zero attached hydrogens (tertiary/aromatic N) is 1. The van der Waals surface area contributed by atoms with Gasteiger partial charge in [-0.2, -0.15) is 0 Å². The number of carbonyl (C=O) groups is 1. The summed E-state index contributed by atoms with van der Waals surface area (Å²) in [4.78, 5) is 15.1. The summed E-state index contributed by atoms with van der Waals surface area (Å²) in [6.45, 7) is 0.457. The van der Waals surface area contributed by atoms with Crippen LogP contribution in [0.2, 0.25) is 0 Å². The van der Waals surface area contributed by atoms with E-state index in [1.807, 2.05) is 0 Å². The molecule has 1 amide bonds. The molecule has 0 bridgehead atoms. The van der Waals surface area contributed by atoms with Crippen molar-refractivity contribution in [2.45, 2.75) is 17.9 Å². The molecule has 0 unspecified atom stereocenters. The van der Waals surface area contributed by atoms with E-state index in [1.54, 1.807) is 0 Å². The van der Waals surface area contributed by atoms with Gasteiger partial charge in [-0.15, -0.1) is 0 Å². The van der Waals surface area contributed by atoms with Crippen molar-refractivity contribution in [3.63, 3.8) is 0 Å². The summed E-state index contributed by atoms with van der Waals surface area (Å²) >= 11 is 0. The monoisotopic (exact) mass is 257 g/mol. The van der Waals surface area contributed by atoms with Crippen LogP contribution in [0.25, 0.3) is 0 Å². The number of nitrogens with two attached hydrogens (primary N) is 1. The predicted molar refractivity (Wildman–Crippen MR) is 64.3 cm³/mol. The van der Waals surface area contributed by atoms with E-state index in [0.29, 0.717) is 25.1 Å². The zero-order valence-corrected chi connectivity index (χ0v) is 10.3. The fraction of sp³-hybridized carbons (Fsp3) is 0.400. The molecule has 0 atom stereocenters. The highest BCUT2D eigenvalue weighted by atomic mass is 32.2. The van der Waals surface area contributed by atoms with Gasteiger partial charge < -0.3 is 11.1 Å². The van der Waals surface area contributed by atoms with Gasteiger partial charge >= 0.3 is 0 Å². The van der Waals surface area contributed by atoms with E-state index in [-0.39, 0.29) is 10.9 Å². The molecule has 6 nitrogen and oxygen atoms in total. The average molecular weight is 257 g/mol. The molecule has 0 aliphatic carbocycles. The number of rotatable bonds is 5. The van der Waals surface area contributed by atoms with Gasteiger partial charge in [-0.1, -0.05) is 0 Å². The SMILES string of the molecule is CS(=O)(=O)c1ccc(NC(=O)CCCN)cn1. The first-order chi connectivity index (χ1) is 7.93. The van der Waals surface area contributed by atoms with Crippen molar-refractivity contribution in [3.8, 4) is 0 Å². The molecule has 17 heavy (non-hydrogen) atoms. The molecule has 1 heterocycles.